The summed E-state index contributed by atoms with van der Waals surface area (Å²) in [7, 11) is 1.25. The summed E-state index contributed by atoms with van der Waals surface area (Å²) in [6.07, 6.45) is -0.641. The Hall–Kier alpha value is -1.19. The Morgan fingerprint density at radius 2 is 2.22 bits per heavy atom. The molecule has 0 atom stereocenters. The monoisotopic (exact) mass is 131 g/mol. The van der Waals surface area contributed by atoms with Gasteiger partial charge in [-0.05, 0) is 6.92 Å². The van der Waals surface area contributed by atoms with Crippen molar-refractivity contribution in [3.05, 3.63) is 12.3 Å². The predicted molar refractivity (Wildman–Crippen MR) is 31.4 cm³/mol. The minimum Gasteiger partial charge on any atom is -0.451 e. The molecule has 0 fully saturated rings. The van der Waals surface area contributed by atoms with Gasteiger partial charge in [-0.25, -0.2) is 4.79 Å². The number of methoxy groups -OCH3 is 1. The van der Waals surface area contributed by atoms with E-state index in [-0.39, 0.29) is 0 Å². The van der Waals surface area contributed by atoms with Crippen molar-refractivity contribution in [1.82, 2.24) is 5.48 Å². The maximum absolute atomic E-state index is 10.2. The topological polar surface area (TPSA) is 47.6 Å². The molecule has 1 amide bonds. The highest BCUT2D eigenvalue weighted by atomic mass is 16.7. The molecule has 52 valence electrons. The highest BCUT2D eigenvalue weighted by Gasteiger charge is 1.95. The van der Waals surface area contributed by atoms with Crippen molar-refractivity contribution >= 4 is 6.09 Å². The number of nitrogens with one attached hydrogen (secondary N) is 1. The van der Waals surface area contributed by atoms with Crippen molar-refractivity contribution in [2.24, 2.45) is 0 Å². The molecular formula is C5H9NO3. The molecule has 0 aliphatic carbocycles. The van der Waals surface area contributed by atoms with E-state index < -0.39 is 6.09 Å². The standard InChI is InChI=1S/C5H9NO3/c1-4(2)9-6-5(7)8-3/h1H2,2-3H3,(H,6,7). The molecule has 1 N–H and O–H groups in total. The maximum Gasteiger partial charge on any atom is 0.440 e. The first-order chi connectivity index (χ1) is 4.16. The van der Waals surface area contributed by atoms with Crippen LogP contribution in [0.2, 0.25) is 0 Å². The summed E-state index contributed by atoms with van der Waals surface area (Å²) in [6, 6.07) is 0. The molecule has 0 heterocycles. The summed E-state index contributed by atoms with van der Waals surface area (Å²) in [6.45, 7) is 4.98. The fourth-order valence-corrected chi connectivity index (χ4v) is 0.170. The summed E-state index contributed by atoms with van der Waals surface area (Å²) >= 11 is 0. The molecule has 0 aromatic carbocycles. The van der Waals surface area contributed by atoms with Gasteiger partial charge < -0.3 is 9.57 Å². The van der Waals surface area contributed by atoms with Crippen molar-refractivity contribution in [2.45, 2.75) is 6.92 Å². The van der Waals surface area contributed by atoms with Crippen LogP contribution in [0.1, 0.15) is 6.92 Å². The maximum atomic E-state index is 10.2. The van der Waals surface area contributed by atoms with Crippen LogP contribution < -0.4 is 5.48 Å². The van der Waals surface area contributed by atoms with Gasteiger partial charge in [-0.15, -0.1) is 0 Å². The Morgan fingerprint density at radius 1 is 1.67 bits per heavy atom. The van der Waals surface area contributed by atoms with Crippen molar-refractivity contribution in [2.75, 3.05) is 7.11 Å². The van der Waals surface area contributed by atoms with Crippen molar-refractivity contribution in [3.63, 3.8) is 0 Å². The molecule has 0 aliphatic rings. The van der Waals surface area contributed by atoms with Gasteiger partial charge in [0.25, 0.3) is 0 Å². The molecule has 0 aromatic rings. The number of carbonyl (C=O) groups excluding carboxylic acids is 1. The third-order valence-corrected chi connectivity index (χ3v) is 0.494. The second-order valence-electron chi connectivity index (χ2n) is 1.40. The van der Waals surface area contributed by atoms with Crippen LogP contribution in [0.25, 0.3) is 0 Å². The number of allylic oxidation sites excluding steroid dienone is 1. The van der Waals surface area contributed by atoms with Gasteiger partial charge in [-0.3, -0.25) is 0 Å². The van der Waals surface area contributed by atoms with Gasteiger partial charge in [0.15, 0.2) is 0 Å². The number of ether oxygens (including phenoxy) is 1. The lowest BCUT2D eigenvalue weighted by molar-refractivity contribution is 0.0792. The summed E-state index contributed by atoms with van der Waals surface area (Å²) in [5, 5.41) is 0. The third-order valence-electron chi connectivity index (χ3n) is 0.494. The zero-order valence-electron chi connectivity index (χ0n) is 5.43. The van der Waals surface area contributed by atoms with Crippen LogP contribution in [0.4, 0.5) is 4.79 Å². The van der Waals surface area contributed by atoms with Gasteiger partial charge in [0.1, 0.15) is 5.76 Å². The van der Waals surface area contributed by atoms with Gasteiger partial charge in [0, 0.05) is 0 Å². The fraction of sp³-hybridized carbons (Fsp3) is 0.400. The average Bonchev–Trinajstić information content (AvgIpc) is 1.83. The molecule has 4 nitrogen and oxygen atoms in total. The van der Waals surface area contributed by atoms with Crippen molar-refractivity contribution in [1.29, 1.82) is 0 Å². The van der Waals surface area contributed by atoms with E-state index in [0.717, 1.165) is 0 Å². The summed E-state index contributed by atoms with van der Waals surface area (Å²) in [5.74, 6) is 0.403. The molecule has 0 rings (SSSR count). The van der Waals surface area contributed by atoms with Crippen LogP contribution in [-0.4, -0.2) is 13.2 Å². The van der Waals surface area contributed by atoms with Gasteiger partial charge in [0.05, 0.1) is 7.11 Å². The fourth-order valence-electron chi connectivity index (χ4n) is 0.170. The normalized spacial score (nSPS) is 7.78. The Bertz CT molecular complexity index is 121. The molecule has 0 saturated carbocycles. The Morgan fingerprint density at radius 3 is 2.56 bits per heavy atom. The Kier molecular flexibility index (Phi) is 3.27. The quantitative estimate of drug-likeness (QED) is 0.445. The first-order valence-electron chi connectivity index (χ1n) is 2.33. The van der Waals surface area contributed by atoms with E-state index in [1.807, 2.05) is 5.48 Å². The largest absolute Gasteiger partial charge is 0.451 e. The van der Waals surface area contributed by atoms with Crippen LogP contribution in [0.15, 0.2) is 12.3 Å². The highest BCUT2D eigenvalue weighted by molar-refractivity contribution is 5.65. The first kappa shape index (κ1) is 7.81. The number of amides is 1. The number of hydroxylamine groups is 1. The molecule has 0 aliphatic heterocycles. The molecule has 0 radical (unpaired) electrons. The summed E-state index contributed by atoms with van der Waals surface area (Å²) < 4.78 is 4.18. The van der Waals surface area contributed by atoms with Crippen LogP contribution in [0.5, 0.6) is 0 Å². The Balaban J connectivity index is 3.28. The highest BCUT2D eigenvalue weighted by Crippen LogP contribution is 1.84. The third kappa shape index (κ3) is 4.67. The lowest BCUT2D eigenvalue weighted by Gasteiger charge is -2.02. The smallest absolute Gasteiger partial charge is 0.440 e. The number of carbonyl (C=O) groups is 1. The molecule has 0 bridgehead atoms. The van der Waals surface area contributed by atoms with Crippen molar-refractivity contribution < 1.29 is 14.4 Å². The first-order valence-corrected chi connectivity index (χ1v) is 2.33. The van der Waals surface area contributed by atoms with Crippen LogP contribution in [0.3, 0.4) is 0 Å². The van der Waals surface area contributed by atoms with E-state index in [2.05, 4.69) is 16.2 Å². The molecule has 9 heavy (non-hydrogen) atoms. The number of rotatable bonds is 2. The van der Waals surface area contributed by atoms with Gasteiger partial charge >= 0.3 is 6.09 Å². The predicted octanol–water partition coefficient (Wildman–Crippen LogP) is 0.808. The van der Waals surface area contributed by atoms with Gasteiger partial charge in [0.2, 0.25) is 0 Å². The second-order valence-corrected chi connectivity index (χ2v) is 1.40. The van der Waals surface area contributed by atoms with E-state index in [1.165, 1.54) is 7.11 Å². The van der Waals surface area contributed by atoms with E-state index in [4.69, 9.17) is 0 Å². The van der Waals surface area contributed by atoms with E-state index in [1.54, 1.807) is 6.92 Å². The summed E-state index contributed by atoms with van der Waals surface area (Å²) in [5.41, 5.74) is 1.97. The van der Waals surface area contributed by atoms with E-state index in [0.29, 0.717) is 5.76 Å². The van der Waals surface area contributed by atoms with Gasteiger partial charge in [-0.1, -0.05) is 6.58 Å². The minimum atomic E-state index is -0.641. The zero-order chi connectivity index (χ0) is 7.28. The van der Waals surface area contributed by atoms with Crippen LogP contribution in [0, 0.1) is 0 Å². The van der Waals surface area contributed by atoms with Crippen molar-refractivity contribution in [3.8, 4) is 0 Å². The zero-order valence-corrected chi connectivity index (χ0v) is 5.43. The molecular weight excluding hydrogens is 122 g/mol. The molecule has 0 aromatic heterocycles. The number of hydrogen-bond acceptors (Lipinski definition) is 3. The molecule has 0 saturated heterocycles. The van der Waals surface area contributed by atoms with E-state index in [9.17, 15) is 4.79 Å². The lowest BCUT2D eigenvalue weighted by atomic mass is 10.7. The molecule has 4 heteroatoms. The molecule has 0 unspecified atom stereocenters. The van der Waals surface area contributed by atoms with Crippen LogP contribution >= 0.6 is 0 Å². The average molecular weight is 131 g/mol. The molecule has 0 spiro atoms. The minimum absolute atomic E-state index is 0.403. The van der Waals surface area contributed by atoms with E-state index >= 15 is 0 Å². The lowest BCUT2D eigenvalue weighted by Crippen LogP contribution is -2.22. The Labute approximate surface area is 53.4 Å². The van der Waals surface area contributed by atoms with Gasteiger partial charge in [-0.2, -0.15) is 5.48 Å². The summed E-state index contributed by atoms with van der Waals surface area (Å²) in [4.78, 5) is 14.7. The van der Waals surface area contributed by atoms with Crippen LogP contribution in [-0.2, 0) is 9.57 Å². The SMILES string of the molecule is C=C(C)ONC(=O)OC. The number of hydrogen-bond donors (Lipinski definition) is 1. The second kappa shape index (κ2) is 3.77.